The second-order valence-electron chi connectivity index (χ2n) is 6.43. The summed E-state index contributed by atoms with van der Waals surface area (Å²) in [5.41, 5.74) is 1.59. The third kappa shape index (κ3) is 3.65. The molecule has 0 amide bonds. The van der Waals surface area contributed by atoms with Crippen molar-refractivity contribution in [3.8, 4) is 11.5 Å². The van der Waals surface area contributed by atoms with Crippen LogP contribution in [0.15, 0.2) is 66.4 Å². The molecule has 0 saturated heterocycles. The Balaban J connectivity index is 1.63. The zero-order valence-corrected chi connectivity index (χ0v) is 16.0. The van der Waals surface area contributed by atoms with E-state index in [1.807, 2.05) is 0 Å². The monoisotopic (exact) mass is 408 g/mol. The van der Waals surface area contributed by atoms with Crippen molar-refractivity contribution in [2.75, 3.05) is 0 Å². The Kier molecular flexibility index (Phi) is 4.91. The number of carbonyl (C=O) groups excluding carboxylic acids is 2. The summed E-state index contributed by atoms with van der Waals surface area (Å²) < 4.78 is 24.5. The summed E-state index contributed by atoms with van der Waals surface area (Å²) in [6.07, 6.45) is 1.57. The SMILES string of the molecule is Cc1c(OC(=O)c2cccc(F)c2)ccc2c1O/C(=C\c1ccccc1Cl)C2=O. The Morgan fingerprint density at radius 3 is 2.66 bits per heavy atom. The second kappa shape index (κ2) is 7.53. The van der Waals surface area contributed by atoms with Gasteiger partial charge in [-0.25, -0.2) is 9.18 Å². The molecular weight excluding hydrogens is 395 g/mol. The number of rotatable bonds is 3. The highest BCUT2D eigenvalue weighted by Crippen LogP contribution is 2.39. The van der Waals surface area contributed by atoms with Gasteiger partial charge in [-0.2, -0.15) is 0 Å². The lowest BCUT2D eigenvalue weighted by atomic mass is 10.1. The first-order chi connectivity index (χ1) is 13.9. The molecule has 6 heteroatoms. The normalized spacial score (nSPS) is 13.9. The summed E-state index contributed by atoms with van der Waals surface area (Å²) in [4.78, 5) is 25.0. The summed E-state index contributed by atoms with van der Waals surface area (Å²) in [6.45, 7) is 1.68. The van der Waals surface area contributed by atoms with Crippen LogP contribution in [0.2, 0.25) is 5.02 Å². The maximum atomic E-state index is 13.3. The van der Waals surface area contributed by atoms with Crippen molar-refractivity contribution in [3.63, 3.8) is 0 Å². The molecule has 0 fully saturated rings. The molecule has 29 heavy (non-hydrogen) atoms. The van der Waals surface area contributed by atoms with Gasteiger partial charge in [0.25, 0.3) is 0 Å². The Labute approximate surface area is 171 Å². The van der Waals surface area contributed by atoms with Crippen LogP contribution in [0.25, 0.3) is 6.08 Å². The Hall–Kier alpha value is -3.44. The van der Waals surface area contributed by atoms with Gasteiger partial charge in [-0.3, -0.25) is 4.79 Å². The van der Waals surface area contributed by atoms with E-state index < -0.39 is 11.8 Å². The molecule has 3 aromatic rings. The number of hydrogen-bond donors (Lipinski definition) is 0. The van der Waals surface area contributed by atoms with Gasteiger partial charge < -0.3 is 9.47 Å². The summed E-state index contributed by atoms with van der Waals surface area (Å²) >= 11 is 6.15. The molecule has 0 N–H and O–H groups in total. The molecule has 0 bridgehead atoms. The van der Waals surface area contributed by atoms with Gasteiger partial charge >= 0.3 is 5.97 Å². The molecule has 4 nitrogen and oxygen atoms in total. The van der Waals surface area contributed by atoms with Crippen LogP contribution in [-0.2, 0) is 0 Å². The molecule has 0 aliphatic carbocycles. The number of Topliss-reactive ketones (excluding diaryl/α,β-unsaturated/α-hetero) is 1. The highest BCUT2D eigenvalue weighted by Gasteiger charge is 2.30. The number of fused-ring (bicyclic) bond motifs is 1. The van der Waals surface area contributed by atoms with Crippen molar-refractivity contribution >= 4 is 29.4 Å². The molecule has 144 valence electrons. The lowest BCUT2D eigenvalue weighted by molar-refractivity contribution is 0.0732. The molecule has 0 aromatic heterocycles. The molecular formula is C23H14ClFO4. The fourth-order valence-corrected chi connectivity index (χ4v) is 3.18. The van der Waals surface area contributed by atoms with Gasteiger partial charge in [-0.1, -0.05) is 35.9 Å². The number of carbonyl (C=O) groups is 2. The van der Waals surface area contributed by atoms with Crippen LogP contribution < -0.4 is 9.47 Å². The van der Waals surface area contributed by atoms with Crippen LogP contribution in [0, 0.1) is 12.7 Å². The topological polar surface area (TPSA) is 52.6 Å². The number of halogens is 2. The molecule has 1 aliphatic rings. The largest absolute Gasteiger partial charge is 0.452 e. The van der Waals surface area contributed by atoms with E-state index in [0.717, 1.165) is 6.07 Å². The molecule has 3 aromatic carbocycles. The zero-order chi connectivity index (χ0) is 20.5. The van der Waals surface area contributed by atoms with Crippen molar-refractivity contribution < 1.29 is 23.5 Å². The molecule has 0 saturated carbocycles. The summed E-state index contributed by atoms with van der Waals surface area (Å²) in [6, 6.07) is 15.4. The molecule has 4 rings (SSSR count). The van der Waals surface area contributed by atoms with Crippen molar-refractivity contribution in [1.82, 2.24) is 0 Å². The number of allylic oxidation sites excluding steroid dienone is 1. The van der Waals surface area contributed by atoms with Crippen molar-refractivity contribution in [2.45, 2.75) is 6.92 Å². The quantitative estimate of drug-likeness (QED) is 0.320. The van der Waals surface area contributed by atoms with E-state index in [9.17, 15) is 14.0 Å². The van der Waals surface area contributed by atoms with Gasteiger partial charge in [0.1, 0.15) is 17.3 Å². The van der Waals surface area contributed by atoms with E-state index in [1.54, 1.807) is 37.3 Å². The Morgan fingerprint density at radius 2 is 1.90 bits per heavy atom. The van der Waals surface area contributed by atoms with Gasteiger partial charge in [-0.15, -0.1) is 0 Å². The number of ether oxygens (including phenoxy) is 2. The van der Waals surface area contributed by atoms with Crippen LogP contribution in [0.1, 0.15) is 31.8 Å². The third-order valence-electron chi connectivity index (χ3n) is 4.49. The van der Waals surface area contributed by atoms with Crippen molar-refractivity contribution in [2.24, 2.45) is 0 Å². The third-order valence-corrected chi connectivity index (χ3v) is 4.84. The van der Waals surface area contributed by atoms with Gasteiger partial charge in [-0.05, 0) is 55.0 Å². The average Bonchev–Trinajstić information content (AvgIpc) is 3.02. The van der Waals surface area contributed by atoms with E-state index in [1.165, 1.54) is 30.3 Å². The standard InChI is InChI=1S/C23H14ClFO4/c1-13-19(29-23(27)15-6-4-7-16(25)11-15)10-9-17-21(26)20(28-22(13)17)12-14-5-2-3-8-18(14)24/h2-12H,1H3/b20-12-. The van der Waals surface area contributed by atoms with E-state index in [2.05, 4.69) is 0 Å². The second-order valence-corrected chi connectivity index (χ2v) is 6.83. The van der Waals surface area contributed by atoms with Gasteiger partial charge in [0.2, 0.25) is 5.78 Å². The van der Waals surface area contributed by atoms with Crippen LogP contribution in [0.3, 0.4) is 0 Å². The van der Waals surface area contributed by atoms with E-state index in [0.29, 0.717) is 27.5 Å². The minimum Gasteiger partial charge on any atom is -0.452 e. The number of hydrogen-bond acceptors (Lipinski definition) is 4. The van der Waals surface area contributed by atoms with Crippen LogP contribution in [0.5, 0.6) is 11.5 Å². The minimum absolute atomic E-state index is 0.0844. The predicted octanol–water partition coefficient (Wildman–Crippen LogP) is 5.62. The molecule has 0 atom stereocenters. The summed E-state index contributed by atoms with van der Waals surface area (Å²) in [5.74, 6) is -0.851. The van der Waals surface area contributed by atoms with E-state index >= 15 is 0 Å². The van der Waals surface area contributed by atoms with Crippen LogP contribution in [0.4, 0.5) is 4.39 Å². The Morgan fingerprint density at radius 1 is 1.10 bits per heavy atom. The highest BCUT2D eigenvalue weighted by molar-refractivity contribution is 6.32. The molecule has 0 unspecified atom stereocenters. The highest BCUT2D eigenvalue weighted by atomic mass is 35.5. The summed E-state index contributed by atoms with van der Waals surface area (Å²) in [7, 11) is 0. The van der Waals surface area contributed by atoms with E-state index in [4.69, 9.17) is 21.1 Å². The number of benzene rings is 3. The van der Waals surface area contributed by atoms with E-state index in [-0.39, 0.29) is 22.9 Å². The predicted molar refractivity (Wildman–Crippen MR) is 107 cm³/mol. The average molecular weight is 409 g/mol. The first kappa shape index (κ1) is 18.9. The maximum Gasteiger partial charge on any atom is 0.343 e. The lowest BCUT2D eigenvalue weighted by Crippen LogP contribution is -2.09. The molecule has 0 spiro atoms. The van der Waals surface area contributed by atoms with Crippen molar-refractivity contribution in [3.05, 3.63) is 99.5 Å². The smallest absolute Gasteiger partial charge is 0.343 e. The van der Waals surface area contributed by atoms with Gasteiger partial charge in [0.05, 0.1) is 11.1 Å². The fourth-order valence-electron chi connectivity index (χ4n) is 2.99. The lowest BCUT2D eigenvalue weighted by Gasteiger charge is -2.10. The molecule has 1 heterocycles. The number of ketones is 1. The molecule has 0 radical (unpaired) electrons. The van der Waals surface area contributed by atoms with Gasteiger partial charge in [0, 0.05) is 10.6 Å². The van der Waals surface area contributed by atoms with Gasteiger partial charge in [0.15, 0.2) is 5.76 Å². The zero-order valence-electron chi connectivity index (χ0n) is 15.2. The van der Waals surface area contributed by atoms with Crippen LogP contribution in [-0.4, -0.2) is 11.8 Å². The minimum atomic E-state index is -0.705. The fraction of sp³-hybridized carbons (Fsp3) is 0.0435. The Bertz CT molecular complexity index is 1180. The molecule has 1 aliphatic heterocycles. The van der Waals surface area contributed by atoms with Crippen molar-refractivity contribution in [1.29, 1.82) is 0 Å². The maximum absolute atomic E-state index is 13.3. The van der Waals surface area contributed by atoms with Crippen LogP contribution >= 0.6 is 11.6 Å². The first-order valence-electron chi connectivity index (χ1n) is 8.74. The summed E-state index contributed by atoms with van der Waals surface area (Å²) in [5, 5.41) is 0.494. The first-order valence-corrected chi connectivity index (χ1v) is 9.12. The number of esters is 1.